The fourth-order valence-electron chi connectivity index (χ4n) is 1.34. The van der Waals surface area contributed by atoms with Crippen molar-refractivity contribution in [2.75, 3.05) is 0 Å². The average Bonchev–Trinajstić information content (AvgIpc) is 2.39. The molecule has 0 radical (unpaired) electrons. The number of hydrogen-bond donors (Lipinski definition) is 0. The van der Waals surface area contributed by atoms with Gasteiger partial charge in [-0.3, -0.25) is 0 Å². The van der Waals surface area contributed by atoms with Gasteiger partial charge in [0.2, 0.25) is 5.88 Å². The molecule has 0 atom stereocenters. The number of alkyl halides is 3. The van der Waals surface area contributed by atoms with E-state index in [1.54, 1.807) is 0 Å². The molecule has 19 heavy (non-hydrogen) atoms. The number of nitrogens with zero attached hydrogens (tertiary/aromatic N) is 2. The van der Waals surface area contributed by atoms with Gasteiger partial charge in [-0.15, -0.1) is 0 Å². The molecule has 0 unspecified atom stereocenters. The second-order valence-electron chi connectivity index (χ2n) is 3.62. The van der Waals surface area contributed by atoms with Gasteiger partial charge in [0.1, 0.15) is 11.8 Å². The van der Waals surface area contributed by atoms with Crippen LogP contribution in [0, 0.1) is 11.3 Å². The van der Waals surface area contributed by atoms with E-state index in [1.807, 2.05) is 6.07 Å². The van der Waals surface area contributed by atoms with Crippen LogP contribution in [0.25, 0.3) is 0 Å². The van der Waals surface area contributed by atoms with Crippen molar-refractivity contribution in [2.24, 2.45) is 0 Å². The van der Waals surface area contributed by atoms with Crippen LogP contribution in [0.15, 0.2) is 42.6 Å². The van der Waals surface area contributed by atoms with Gasteiger partial charge >= 0.3 is 6.18 Å². The summed E-state index contributed by atoms with van der Waals surface area (Å²) in [6.07, 6.45) is -3.05. The van der Waals surface area contributed by atoms with Gasteiger partial charge in [0, 0.05) is 12.3 Å². The number of pyridine rings is 1. The summed E-state index contributed by atoms with van der Waals surface area (Å²) < 4.78 is 42.3. The first kappa shape index (κ1) is 12.9. The minimum atomic E-state index is -4.37. The molecule has 0 aliphatic rings. The van der Waals surface area contributed by atoms with Crippen LogP contribution in [-0.4, -0.2) is 4.98 Å². The first-order valence-electron chi connectivity index (χ1n) is 5.20. The van der Waals surface area contributed by atoms with Crippen LogP contribution in [0.2, 0.25) is 0 Å². The monoisotopic (exact) mass is 264 g/mol. The van der Waals surface area contributed by atoms with Crippen molar-refractivity contribution in [3.63, 3.8) is 0 Å². The predicted molar refractivity (Wildman–Crippen MR) is 60.5 cm³/mol. The van der Waals surface area contributed by atoms with Crippen molar-refractivity contribution in [1.82, 2.24) is 4.98 Å². The van der Waals surface area contributed by atoms with Gasteiger partial charge in [-0.2, -0.15) is 18.4 Å². The highest BCUT2D eigenvalue weighted by atomic mass is 19.4. The van der Waals surface area contributed by atoms with Gasteiger partial charge in [-0.05, 0) is 30.3 Å². The highest BCUT2D eigenvalue weighted by Gasteiger charge is 2.30. The van der Waals surface area contributed by atoms with Crippen LogP contribution in [0.1, 0.15) is 11.1 Å². The zero-order valence-electron chi connectivity index (χ0n) is 9.48. The van der Waals surface area contributed by atoms with Crippen LogP contribution in [0.4, 0.5) is 13.2 Å². The number of benzene rings is 1. The van der Waals surface area contributed by atoms with Gasteiger partial charge in [0.15, 0.2) is 0 Å². The van der Waals surface area contributed by atoms with Crippen LogP contribution in [0.3, 0.4) is 0 Å². The van der Waals surface area contributed by atoms with E-state index < -0.39 is 11.7 Å². The summed E-state index contributed by atoms with van der Waals surface area (Å²) in [7, 11) is 0. The zero-order valence-corrected chi connectivity index (χ0v) is 9.48. The Bertz CT molecular complexity index is 598. The van der Waals surface area contributed by atoms with Crippen molar-refractivity contribution in [2.45, 2.75) is 6.18 Å². The molecule has 0 fully saturated rings. The van der Waals surface area contributed by atoms with Crippen molar-refractivity contribution >= 4 is 0 Å². The van der Waals surface area contributed by atoms with E-state index in [9.17, 15) is 13.2 Å². The molecule has 0 aliphatic heterocycles. The van der Waals surface area contributed by atoms with E-state index in [0.29, 0.717) is 5.56 Å². The molecule has 0 aliphatic carbocycles. The van der Waals surface area contributed by atoms with Gasteiger partial charge in [0.25, 0.3) is 0 Å². The number of ether oxygens (including phenoxy) is 1. The topological polar surface area (TPSA) is 45.9 Å². The number of rotatable bonds is 2. The number of nitriles is 1. The third kappa shape index (κ3) is 3.22. The lowest BCUT2D eigenvalue weighted by molar-refractivity contribution is -0.137. The smallest absolute Gasteiger partial charge is 0.416 e. The van der Waals surface area contributed by atoms with Crippen molar-refractivity contribution in [3.05, 3.63) is 53.7 Å². The number of hydrogen-bond acceptors (Lipinski definition) is 3. The van der Waals surface area contributed by atoms with E-state index in [1.165, 1.54) is 30.5 Å². The largest absolute Gasteiger partial charge is 0.439 e. The Labute approximate surface area is 106 Å². The van der Waals surface area contributed by atoms with Crippen LogP contribution < -0.4 is 4.74 Å². The van der Waals surface area contributed by atoms with E-state index in [-0.39, 0.29) is 11.6 Å². The summed E-state index contributed by atoms with van der Waals surface area (Å²) in [5.74, 6) is 0.448. The fraction of sp³-hybridized carbons (Fsp3) is 0.0769. The molecule has 3 nitrogen and oxygen atoms in total. The quantitative estimate of drug-likeness (QED) is 0.829. The summed E-state index contributed by atoms with van der Waals surface area (Å²) in [6, 6.07) is 9.16. The summed E-state index contributed by atoms with van der Waals surface area (Å²) in [4.78, 5) is 3.85. The van der Waals surface area contributed by atoms with Gasteiger partial charge in [-0.1, -0.05) is 0 Å². The zero-order chi connectivity index (χ0) is 13.9. The standard InChI is InChI=1S/C13H7F3N2O/c14-13(15,16)10-2-4-11(5-3-10)19-12-6-1-9(7-17)8-18-12/h1-6,8H. The summed E-state index contributed by atoms with van der Waals surface area (Å²) in [6.45, 7) is 0. The average molecular weight is 264 g/mol. The lowest BCUT2D eigenvalue weighted by Crippen LogP contribution is -2.04. The second kappa shape index (κ2) is 4.98. The molecular formula is C13H7F3N2O. The third-order valence-corrected chi connectivity index (χ3v) is 2.27. The minimum Gasteiger partial charge on any atom is -0.439 e. The van der Waals surface area contributed by atoms with Crippen LogP contribution in [-0.2, 0) is 6.18 Å². The maximum Gasteiger partial charge on any atom is 0.416 e. The molecule has 0 bridgehead atoms. The third-order valence-electron chi connectivity index (χ3n) is 2.27. The van der Waals surface area contributed by atoms with E-state index >= 15 is 0 Å². The minimum absolute atomic E-state index is 0.207. The SMILES string of the molecule is N#Cc1ccc(Oc2ccc(C(F)(F)F)cc2)nc1. The molecule has 1 aromatic heterocycles. The van der Waals surface area contributed by atoms with Crippen LogP contribution >= 0.6 is 0 Å². The Morgan fingerprint density at radius 1 is 1.05 bits per heavy atom. The number of halogens is 3. The summed E-state index contributed by atoms with van der Waals surface area (Å²) in [5.41, 5.74) is -0.368. The Balaban J connectivity index is 2.13. The molecule has 0 amide bonds. The molecule has 0 saturated heterocycles. The maximum atomic E-state index is 12.3. The van der Waals surface area contributed by atoms with Gasteiger partial charge in [-0.25, -0.2) is 4.98 Å². The second-order valence-corrected chi connectivity index (χ2v) is 3.62. The van der Waals surface area contributed by atoms with Crippen molar-refractivity contribution in [1.29, 1.82) is 5.26 Å². The van der Waals surface area contributed by atoms with Crippen LogP contribution in [0.5, 0.6) is 11.6 Å². The molecule has 0 saturated carbocycles. The van der Waals surface area contributed by atoms with Gasteiger partial charge in [0.05, 0.1) is 11.1 Å². The molecule has 2 rings (SSSR count). The van der Waals surface area contributed by atoms with Crippen molar-refractivity contribution in [3.8, 4) is 17.7 Å². The highest BCUT2D eigenvalue weighted by Crippen LogP contribution is 2.31. The first-order chi connectivity index (χ1) is 8.99. The Kier molecular flexibility index (Phi) is 3.38. The molecule has 0 N–H and O–H groups in total. The first-order valence-corrected chi connectivity index (χ1v) is 5.20. The molecule has 0 spiro atoms. The van der Waals surface area contributed by atoms with E-state index in [2.05, 4.69) is 4.98 Å². The Morgan fingerprint density at radius 3 is 2.21 bits per heavy atom. The highest BCUT2D eigenvalue weighted by molar-refractivity contribution is 5.33. The van der Waals surface area contributed by atoms with E-state index in [4.69, 9.17) is 10.00 Å². The normalized spacial score (nSPS) is 10.8. The van der Waals surface area contributed by atoms with E-state index in [0.717, 1.165) is 12.1 Å². The summed E-state index contributed by atoms with van der Waals surface area (Å²) >= 11 is 0. The molecule has 6 heteroatoms. The fourth-order valence-corrected chi connectivity index (χ4v) is 1.34. The molecule has 1 heterocycles. The molecule has 2 aromatic rings. The van der Waals surface area contributed by atoms with Crippen molar-refractivity contribution < 1.29 is 17.9 Å². The molecule has 96 valence electrons. The lowest BCUT2D eigenvalue weighted by Gasteiger charge is -2.08. The maximum absolute atomic E-state index is 12.3. The molecule has 1 aromatic carbocycles. The summed E-state index contributed by atoms with van der Waals surface area (Å²) in [5, 5.41) is 8.59. The Morgan fingerprint density at radius 2 is 1.74 bits per heavy atom. The molecular weight excluding hydrogens is 257 g/mol. The van der Waals surface area contributed by atoms with Gasteiger partial charge < -0.3 is 4.74 Å². The number of aromatic nitrogens is 1. The predicted octanol–water partition coefficient (Wildman–Crippen LogP) is 3.76. The lowest BCUT2D eigenvalue weighted by atomic mass is 10.2. The Hall–Kier alpha value is -2.55.